The minimum Gasteiger partial charge on any atom is -0.506 e. The van der Waals surface area contributed by atoms with Crippen molar-refractivity contribution in [2.75, 3.05) is 10.6 Å². The number of rotatable bonds is 2. The summed E-state index contributed by atoms with van der Waals surface area (Å²) in [4.78, 5) is 30.7. The van der Waals surface area contributed by atoms with Gasteiger partial charge in [0.05, 0.1) is 22.3 Å². The fourth-order valence-electron chi connectivity index (χ4n) is 7.89. The number of benzene rings is 4. The molecule has 4 aliphatic rings. The summed E-state index contributed by atoms with van der Waals surface area (Å²) < 4.78 is 0. The van der Waals surface area contributed by atoms with Gasteiger partial charge in [-0.25, -0.2) is 0 Å². The van der Waals surface area contributed by atoms with Crippen molar-refractivity contribution in [2.24, 2.45) is 0 Å². The first kappa shape index (κ1) is 27.5. The van der Waals surface area contributed by atoms with E-state index in [0.717, 1.165) is 44.3 Å². The summed E-state index contributed by atoms with van der Waals surface area (Å²) >= 11 is 0. The second-order valence-corrected chi connectivity index (χ2v) is 13.8. The maximum Gasteiger partial charge on any atom is 0.202 e. The van der Waals surface area contributed by atoms with E-state index in [9.17, 15) is 19.8 Å². The van der Waals surface area contributed by atoms with Crippen LogP contribution in [0.15, 0.2) is 119 Å². The average molecular weight is 618 g/mol. The topological polar surface area (TPSA) is 114 Å². The van der Waals surface area contributed by atoms with Gasteiger partial charge in [-0.2, -0.15) is 0 Å². The molecule has 0 fully saturated rings. The zero-order chi connectivity index (χ0) is 32.6. The predicted molar refractivity (Wildman–Crippen MR) is 185 cm³/mol. The Morgan fingerprint density at radius 3 is 1.32 bits per heavy atom. The first-order valence-corrected chi connectivity index (χ1v) is 15.7. The molecular formula is C40H31N3O4. The number of hydrogen-bond donors (Lipinski definition) is 5. The zero-order valence-electron chi connectivity index (χ0n) is 26.3. The van der Waals surface area contributed by atoms with Gasteiger partial charge in [0.15, 0.2) is 0 Å². The van der Waals surface area contributed by atoms with Crippen molar-refractivity contribution < 1.29 is 19.8 Å². The van der Waals surface area contributed by atoms with Crippen LogP contribution in [-0.2, 0) is 20.4 Å². The van der Waals surface area contributed by atoms with Crippen LogP contribution in [0.25, 0.3) is 33.0 Å². The summed E-state index contributed by atoms with van der Waals surface area (Å²) in [6.07, 6.45) is 0. The number of H-pyrrole nitrogens is 1. The number of fused-ring (bicyclic) bond motifs is 5. The molecule has 0 radical (unpaired) electrons. The van der Waals surface area contributed by atoms with E-state index < -0.39 is 10.8 Å². The third kappa shape index (κ3) is 3.46. The number of aliphatic hydroxyl groups is 2. The van der Waals surface area contributed by atoms with Crippen molar-refractivity contribution in [3.63, 3.8) is 0 Å². The molecular weight excluding hydrogens is 586 g/mol. The quantitative estimate of drug-likeness (QED) is 0.127. The molecule has 0 spiro atoms. The number of ketones is 2. The van der Waals surface area contributed by atoms with Crippen molar-refractivity contribution in [3.8, 4) is 0 Å². The normalized spacial score (nSPS) is 22.3. The SMILES string of the molecule is CC1(C)C(=C2C(=O)C(c3ccc4[nH]c5ccc(C6=C(O)C(=C7Nc8ccccc8C7(C)C)C6=O)cc5c4c3)=C2O)Nc2ccccc21. The second-order valence-electron chi connectivity index (χ2n) is 13.8. The van der Waals surface area contributed by atoms with E-state index in [4.69, 9.17) is 0 Å². The Morgan fingerprint density at radius 1 is 0.532 bits per heavy atom. The van der Waals surface area contributed by atoms with Crippen molar-refractivity contribution in [3.05, 3.63) is 141 Å². The molecule has 47 heavy (non-hydrogen) atoms. The van der Waals surface area contributed by atoms with Gasteiger partial charge in [-0.05, 0) is 58.7 Å². The van der Waals surface area contributed by atoms with E-state index in [0.29, 0.717) is 33.7 Å². The number of Topliss-reactive ketones (excluding diaryl/α,β-unsaturated/α-hetero) is 2. The van der Waals surface area contributed by atoms with E-state index in [2.05, 4.69) is 15.6 Å². The molecule has 3 heterocycles. The highest BCUT2D eigenvalue weighted by atomic mass is 16.3. The molecule has 0 amide bonds. The van der Waals surface area contributed by atoms with E-state index >= 15 is 0 Å². The van der Waals surface area contributed by atoms with Gasteiger partial charge >= 0.3 is 0 Å². The third-order valence-electron chi connectivity index (χ3n) is 10.5. The van der Waals surface area contributed by atoms with E-state index in [1.165, 1.54) is 0 Å². The van der Waals surface area contributed by atoms with E-state index in [-0.39, 0.29) is 34.2 Å². The molecule has 5 aromatic rings. The number of carbonyl (C=O) groups excluding carboxylic acids is 2. The fourth-order valence-corrected chi connectivity index (χ4v) is 7.89. The van der Waals surface area contributed by atoms with Crippen LogP contribution >= 0.6 is 0 Å². The summed E-state index contributed by atoms with van der Waals surface area (Å²) in [5, 5.41) is 31.0. The van der Waals surface area contributed by atoms with Crippen LogP contribution in [-0.4, -0.2) is 26.8 Å². The van der Waals surface area contributed by atoms with Crippen molar-refractivity contribution in [1.82, 2.24) is 4.98 Å². The minimum absolute atomic E-state index is 0.0143. The molecule has 2 aliphatic carbocycles. The van der Waals surface area contributed by atoms with Gasteiger partial charge < -0.3 is 25.8 Å². The maximum absolute atomic E-state index is 13.7. The summed E-state index contributed by atoms with van der Waals surface area (Å²) in [6.45, 7) is 8.19. The number of aromatic amines is 1. The molecule has 5 N–H and O–H groups in total. The van der Waals surface area contributed by atoms with Crippen LogP contribution in [0, 0.1) is 0 Å². The number of hydrogen-bond acceptors (Lipinski definition) is 6. The molecule has 1 aromatic heterocycles. The van der Waals surface area contributed by atoms with Gasteiger partial charge in [0.1, 0.15) is 11.5 Å². The van der Waals surface area contributed by atoms with E-state index in [1.807, 2.05) is 113 Å². The monoisotopic (exact) mass is 617 g/mol. The highest BCUT2D eigenvalue weighted by molar-refractivity contribution is 6.40. The largest absolute Gasteiger partial charge is 0.506 e. The lowest BCUT2D eigenvalue weighted by atomic mass is 9.75. The fraction of sp³-hybridized carbons (Fsp3) is 0.150. The summed E-state index contributed by atoms with van der Waals surface area (Å²) in [5.41, 5.74) is 8.69. The lowest BCUT2D eigenvalue weighted by Crippen LogP contribution is -2.29. The Hall–Kier alpha value is -5.82. The standard InChI is InChI=1S/C40H31N3O4/c1-39(2)23-9-5-7-11-27(23)42-37(39)31-33(44)29(34(31)45)19-13-15-25-21(17-19)22-18-20(14-16-26(22)41-25)30-35(46)32(36(30)47)38-40(3,4)24-10-6-8-12-28(24)43-38/h5-18,41-44,46H,1-4H3. The van der Waals surface area contributed by atoms with Crippen LogP contribution in [0.1, 0.15) is 49.9 Å². The highest BCUT2D eigenvalue weighted by Crippen LogP contribution is 2.51. The van der Waals surface area contributed by atoms with Gasteiger partial charge in [0.25, 0.3) is 0 Å². The number of allylic oxidation sites excluding steroid dienone is 6. The van der Waals surface area contributed by atoms with Crippen LogP contribution in [0.4, 0.5) is 11.4 Å². The lowest BCUT2D eigenvalue weighted by molar-refractivity contribution is -0.112. The molecule has 0 saturated heterocycles. The predicted octanol–water partition coefficient (Wildman–Crippen LogP) is 8.34. The Balaban J connectivity index is 1.11. The number of carbonyl (C=O) groups is 2. The number of aromatic nitrogens is 1. The molecule has 2 aliphatic heterocycles. The molecule has 7 heteroatoms. The van der Waals surface area contributed by atoms with Crippen LogP contribution in [0.5, 0.6) is 0 Å². The first-order valence-electron chi connectivity index (χ1n) is 15.7. The van der Waals surface area contributed by atoms with Crippen molar-refractivity contribution in [2.45, 2.75) is 38.5 Å². The van der Waals surface area contributed by atoms with Gasteiger partial charge in [0.2, 0.25) is 11.6 Å². The third-order valence-corrected chi connectivity index (χ3v) is 10.5. The van der Waals surface area contributed by atoms with Crippen LogP contribution in [0.3, 0.4) is 0 Å². The average Bonchev–Trinajstić information content (AvgIpc) is 3.63. The molecule has 0 bridgehead atoms. The Morgan fingerprint density at radius 2 is 0.936 bits per heavy atom. The number of nitrogens with one attached hydrogen (secondary N) is 3. The highest BCUT2D eigenvalue weighted by Gasteiger charge is 2.46. The number of para-hydroxylation sites is 2. The molecule has 0 atom stereocenters. The van der Waals surface area contributed by atoms with Crippen LogP contribution < -0.4 is 10.6 Å². The zero-order valence-corrected chi connectivity index (χ0v) is 26.3. The maximum atomic E-state index is 13.7. The Labute approximate surface area is 270 Å². The summed E-state index contributed by atoms with van der Waals surface area (Å²) in [5.74, 6) is -0.432. The molecule has 230 valence electrons. The Bertz CT molecular complexity index is 2300. The van der Waals surface area contributed by atoms with E-state index in [1.54, 1.807) is 0 Å². The number of aliphatic hydroxyl groups excluding tert-OH is 2. The first-order chi connectivity index (χ1) is 22.5. The van der Waals surface area contributed by atoms with Crippen molar-refractivity contribution in [1.29, 1.82) is 0 Å². The van der Waals surface area contributed by atoms with Gasteiger partial charge in [-0.1, -0.05) is 76.2 Å². The van der Waals surface area contributed by atoms with Crippen LogP contribution in [0.2, 0.25) is 0 Å². The second kappa shape index (κ2) is 8.91. The number of anilines is 2. The Kier molecular flexibility index (Phi) is 5.21. The summed E-state index contributed by atoms with van der Waals surface area (Å²) in [6, 6.07) is 27.1. The lowest BCUT2D eigenvalue weighted by Gasteiger charge is -2.29. The summed E-state index contributed by atoms with van der Waals surface area (Å²) in [7, 11) is 0. The minimum atomic E-state index is -0.457. The molecule has 7 nitrogen and oxygen atoms in total. The molecule has 0 saturated carbocycles. The molecule has 0 unspecified atom stereocenters. The van der Waals surface area contributed by atoms with Gasteiger partial charge in [-0.3, -0.25) is 9.59 Å². The molecule has 9 rings (SSSR count). The van der Waals surface area contributed by atoms with Gasteiger partial charge in [0, 0.05) is 55.4 Å². The molecule has 4 aromatic carbocycles. The van der Waals surface area contributed by atoms with Gasteiger partial charge in [-0.15, -0.1) is 0 Å². The van der Waals surface area contributed by atoms with Crippen molar-refractivity contribution >= 4 is 55.9 Å². The smallest absolute Gasteiger partial charge is 0.202 e.